The quantitative estimate of drug-likeness (QED) is 0.811. The summed E-state index contributed by atoms with van der Waals surface area (Å²) in [5.41, 5.74) is 13.2. The van der Waals surface area contributed by atoms with Gasteiger partial charge >= 0.3 is 0 Å². The van der Waals surface area contributed by atoms with Crippen molar-refractivity contribution in [2.75, 3.05) is 24.6 Å². The van der Waals surface area contributed by atoms with Gasteiger partial charge in [-0.1, -0.05) is 6.42 Å². The molecule has 19 heavy (non-hydrogen) atoms. The Morgan fingerprint density at radius 2 is 1.84 bits per heavy atom. The molecular weight excluding hydrogens is 242 g/mol. The summed E-state index contributed by atoms with van der Waals surface area (Å²) in [6.45, 7) is 3.04. The Morgan fingerprint density at radius 1 is 1.05 bits per heavy atom. The van der Waals surface area contributed by atoms with E-state index in [1.807, 2.05) is 0 Å². The first-order valence-electron chi connectivity index (χ1n) is 6.49. The van der Waals surface area contributed by atoms with Gasteiger partial charge in [-0.2, -0.15) is 9.97 Å². The molecule has 1 aliphatic rings. The van der Waals surface area contributed by atoms with E-state index in [2.05, 4.69) is 24.8 Å². The number of piperidine rings is 1. The molecule has 0 saturated carbocycles. The fraction of sp³-hybridized carbons (Fsp3) is 0.500. The van der Waals surface area contributed by atoms with E-state index in [-0.39, 0.29) is 11.8 Å². The van der Waals surface area contributed by atoms with Crippen molar-refractivity contribution in [3.63, 3.8) is 0 Å². The number of anilines is 2. The van der Waals surface area contributed by atoms with Gasteiger partial charge in [0.25, 0.3) is 0 Å². The third-order valence-corrected chi connectivity index (χ3v) is 3.34. The number of likely N-dealkylation sites (tertiary alicyclic amines) is 1. The summed E-state index contributed by atoms with van der Waals surface area (Å²) in [6.07, 6.45) is 5.56. The second-order valence-corrected chi connectivity index (χ2v) is 4.84. The molecule has 2 aromatic rings. The summed E-state index contributed by atoms with van der Waals surface area (Å²) in [7, 11) is 0. The van der Waals surface area contributed by atoms with Crippen molar-refractivity contribution in [2.45, 2.75) is 25.8 Å². The van der Waals surface area contributed by atoms with Crippen molar-refractivity contribution in [1.29, 1.82) is 0 Å². The van der Waals surface area contributed by atoms with Crippen molar-refractivity contribution in [3.05, 3.63) is 11.9 Å². The Balaban J connectivity index is 1.88. The maximum Gasteiger partial charge on any atom is 0.224 e. The monoisotopic (exact) mass is 259 g/mol. The molecule has 1 saturated heterocycles. The first-order valence-corrected chi connectivity index (χ1v) is 6.49. The van der Waals surface area contributed by atoms with Crippen LogP contribution in [0.3, 0.4) is 0 Å². The van der Waals surface area contributed by atoms with Crippen molar-refractivity contribution in [2.24, 2.45) is 0 Å². The Morgan fingerprint density at radius 3 is 2.63 bits per heavy atom. The highest BCUT2D eigenvalue weighted by atomic mass is 15.1. The predicted octanol–water partition coefficient (Wildman–Crippen LogP) is 0.570. The molecule has 0 unspecified atom stereocenters. The minimum absolute atomic E-state index is 0.128. The lowest BCUT2D eigenvalue weighted by Gasteiger charge is -2.25. The van der Waals surface area contributed by atoms with Gasteiger partial charge in [0.15, 0.2) is 17.0 Å². The average Bonchev–Trinajstić information content (AvgIpc) is 2.40. The molecule has 1 fully saturated rings. The molecule has 0 bridgehead atoms. The highest BCUT2D eigenvalue weighted by Gasteiger charge is 2.13. The Bertz CT molecular complexity index is 592. The molecule has 1 aliphatic heterocycles. The molecule has 0 atom stereocenters. The maximum absolute atomic E-state index is 5.81. The Labute approximate surface area is 111 Å². The lowest BCUT2D eigenvalue weighted by Crippen LogP contribution is -2.29. The second-order valence-electron chi connectivity index (χ2n) is 4.84. The molecule has 0 amide bonds. The lowest BCUT2D eigenvalue weighted by atomic mass is 10.1. The van der Waals surface area contributed by atoms with E-state index in [1.165, 1.54) is 19.3 Å². The van der Waals surface area contributed by atoms with E-state index < -0.39 is 0 Å². The van der Waals surface area contributed by atoms with E-state index in [4.69, 9.17) is 11.5 Å². The van der Waals surface area contributed by atoms with Crippen LogP contribution in [0.15, 0.2) is 6.20 Å². The third kappa shape index (κ3) is 2.55. The lowest BCUT2D eigenvalue weighted by molar-refractivity contribution is 0.218. The molecule has 0 aliphatic carbocycles. The van der Waals surface area contributed by atoms with Crippen LogP contribution in [0.25, 0.3) is 11.2 Å². The van der Waals surface area contributed by atoms with Gasteiger partial charge in [0.2, 0.25) is 5.95 Å². The molecule has 7 heteroatoms. The van der Waals surface area contributed by atoms with Gasteiger partial charge in [-0.15, -0.1) is 0 Å². The molecule has 4 N–H and O–H groups in total. The topological polar surface area (TPSA) is 107 Å². The zero-order valence-corrected chi connectivity index (χ0v) is 10.7. The number of hydrogen-bond donors (Lipinski definition) is 2. The van der Waals surface area contributed by atoms with Gasteiger partial charge in [0, 0.05) is 6.54 Å². The zero-order chi connectivity index (χ0) is 13.2. The van der Waals surface area contributed by atoms with Gasteiger partial charge < -0.3 is 11.5 Å². The summed E-state index contributed by atoms with van der Waals surface area (Å²) in [5.74, 6) is 0.415. The Hall–Kier alpha value is -2.02. The second kappa shape index (κ2) is 4.93. The number of nitrogen functional groups attached to an aromatic ring is 2. The number of fused-ring (bicyclic) bond motifs is 1. The van der Waals surface area contributed by atoms with E-state index in [0.717, 1.165) is 25.3 Å². The fourth-order valence-electron chi connectivity index (χ4n) is 2.41. The SMILES string of the molecule is Nc1nc(N)c2nc(CN3CCCCC3)cnc2n1. The number of nitrogens with two attached hydrogens (primary N) is 2. The van der Waals surface area contributed by atoms with Crippen molar-refractivity contribution >= 4 is 22.9 Å². The first-order chi connectivity index (χ1) is 9.22. The fourth-order valence-corrected chi connectivity index (χ4v) is 2.41. The van der Waals surface area contributed by atoms with Crippen LogP contribution in [-0.2, 0) is 6.54 Å². The summed E-state index contributed by atoms with van der Waals surface area (Å²) >= 11 is 0. The van der Waals surface area contributed by atoms with Gasteiger partial charge in [-0.05, 0) is 25.9 Å². The van der Waals surface area contributed by atoms with Crippen LogP contribution in [0.5, 0.6) is 0 Å². The van der Waals surface area contributed by atoms with Gasteiger partial charge in [-0.25, -0.2) is 9.97 Å². The molecular formula is C12H17N7. The number of aromatic nitrogens is 4. The van der Waals surface area contributed by atoms with Crippen molar-refractivity contribution < 1.29 is 0 Å². The standard InChI is InChI=1S/C12H17N7/c13-10-9-11(18-12(14)17-10)15-6-8(16-9)7-19-4-2-1-3-5-19/h6H,1-5,7H2,(H4,13,14,15,17,18). The van der Waals surface area contributed by atoms with Gasteiger partial charge in [0.05, 0.1) is 11.9 Å². The number of rotatable bonds is 2. The smallest absolute Gasteiger partial charge is 0.224 e. The number of hydrogen-bond acceptors (Lipinski definition) is 7. The minimum atomic E-state index is 0.128. The van der Waals surface area contributed by atoms with E-state index in [1.54, 1.807) is 6.20 Å². The molecule has 7 nitrogen and oxygen atoms in total. The van der Waals surface area contributed by atoms with E-state index in [0.29, 0.717) is 11.2 Å². The van der Waals surface area contributed by atoms with Crippen LogP contribution in [0.4, 0.5) is 11.8 Å². The molecule has 0 aromatic carbocycles. The van der Waals surface area contributed by atoms with Crippen molar-refractivity contribution in [3.8, 4) is 0 Å². The normalized spacial score (nSPS) is 16.8. The average molecular weight is 259 g/mol. The van der Waals surface area contributed by atoms with Crippen LogP contribution in [0.1, 0.15) is 25.0 Å². The largest absolute Gasteiger partial charge is 0.382 e. The van der Waals surface area contributed by atoms with Crippen LogP contribution in [-0.4, -0.2) is 37.9 Å². The molecule has 3 rings (SSSR count). The number of nitrogens with zero attached hydrogens (tertiary/aromatic N) is 5. The molecule has 0 radical (unpaired) electrons. The third-order valence-electron chi connectivity index (χ3n) is 3.34. The first kappa shape index (κ1) is 12.0. The van der Waals surface area contributed by atoms with Gasteiger partial charge in [0.1, 0.15) is 0 Å². The van der Waals surface area contributed by atoms with Gasteiger partial charge in [-0.3, -0.25) is 4.90 Å². The van der Waals surface area contributed by atoms with E-state index in [9.17, 15) is 0 Å². The van der Waals surface area contributed by atoms with Crippen LogP contribution >= 0.6 is 0 Å². The molecule has 100 valence electrons. The molecule has 2 aromatic heterocycles. The molecule has 3 heterocycles. The summed E-state index contributed by atoms with van der Waals surface area (Å²) < 4.78 is 0. The summed E-state index contributed by atoms with van der Waals surface area (Å²) in [5, 5.41) is 0. The minimum Gasteiger partial charge on any atom is -0.382 e. The van der Waals surface area contributed by atoms with Crippen LogP contribution in [0.2, 0.25) is 0 Å². The van der Waals surface area contributed by atoms with E-state index >= 15 is 0 Å². The predicted molar refractivity (Wildman–Crippen MR) is 73.1 cm³/mol. The molecule has 0 spiro atoms. The Kier molecular flexibility index (Phi) is 3.12. The highest BCUT2D eigenvalue weighted by Crippen LogP contribution is 2.16. The van der Waals surface area contributed by atoms with Crippen LogP contribution < -0.4 is 11.5 Å². The summed E-state index contributed by atoms with van der Waals surface area (Å²) in [6, 6.07) is 0. The van der Waals surface area contributed by atoms with Crippen molar-refractivity contribution in [1.82, 2.24) is 24.8 Å². The summed E-state index contributed by atoms with van der Waals surface area (Å²) in [4.78, 5) is 19.1. The maximum atomic E-state index is 5.81. The highest BCUT2D eigenvalue weighted by molar-refractivity contribution is 5.81. The zero-order valence-electron chi connectivity index (χ0n) is 10.7. The van der Waals surface area contributed by atoms with Crippen LogP contribution in [0, 0.1) is 0 Å².